The number of hydrogen-bond donors (Lipinski definition) is 1. The average molecular weight is 266 g/mol. The lowest BCUT2D eigenvalue weighted by Gasteiger charge is -1.93. The minimum Gasteiger partial charge on any atom is -0.131 e. The summed E-state index contributed by atoms with van der Waals surface area (Å²) in [5.74, 6) is 0.0996. The monoisotopic (exact) mass is 266 g/mol. The molecular weight excluding hydrogens is 258 g/mol. The Kier molecular flexibility index (Phi) is 5.95. The Morgan fingerprint density at radius 1 is 1.27 bits per heavy atom. The van der Waals surface area contributed by atoms with E-state index in [0.717, 1.165) is 4.90 Å². The third-order valence-corrected chi connectivity index (χ3v) is 3.71. The second kappa shape index (κ2) is 7.01. The van der Waals surface area contributed by atoms with Gasteiger partial charge >= 0.3 is 16.5 Å². The topological polar surface area (TPSA) is 72.8 Å². The quantitative estimate of drug-likeness (QED) is 0.484. The van der Waals surface area contributed by atoms with Crippen LogP contribution in [0.25, 0.3) is 0 Å². The Balaban J connectivity index is 2.22. The average Bonchev–Trinajstić information content (AvgIpc) is 2.18. The number of hydrogen-bond acceptors (Lipinski definition) is 5. The molecule has 80 valence electrons. The summed E-state index contributed by atoms with van der Waals surface area (Å²) in [5, 5.41) is 0. The molecule has 0 aliphatic rings. The molecule has 2 unspecified atom stereocenters. The molecule has 0 saturated heterocycles. The molecular formula is C7H8O5P2S+2. The summed E-state index contributed by atoms with van der Waals surface area (Å²) < 4.78 is 29.6. The summed E-state index contributed by atoms with van der Waals surface area (Å²) in [5.41, 5.74) is 0. The van der Waals surface area contributed by atoms with E-state index in [1.165, 1.54) is 11.8 Å². The Bertz CT molecular complexity index is 344. The molecule has 1 aromatic rings. The van der Waals surface area contributed by atoms with Crippen molar-refractivity contribution in [1.29, 1.82) is 0 Å². The van der Waals surface area contributed by atoms with Gasteiger partial charge in [-0.3, -0.25) is 0 Å². The van der Waals surface area contributed by atoms with E-state index in [4.69, 9.17) is 4.89 Å². The number of rotatable bonds is 6. The molecule has 5 nitrogen and oxygen atoms in total. The molecule has 0 bridgehead atoms. The molecule has 1 rings (SSSR count). The minimum atomic E-state index is -2.88. The van der Waals surface area contributed by atoms with Crippen LogP contribution in [0.2, 0.25) is 0 Å². The van der Waals surface area contributed by atoms with Gasteiger partial charge in [0.05, 0.1) is 0 Å². The van der Waals surface area contributed by atoms with E-state index in [1.807, 2.05) is 30.3 Å². The van der Waals surface area contributed by atoms with Gasteiger partial charge in [0.1, 0.15) is 0 Å². The molecule has 8 heteroatoms. The van der Waals surface area contributed by atoms with Crippen LogP contribution in [0.4, 0.5) is 0 Å². The molecule has 15 heavy (non-hydrogen) atoms. The van der Waals surface area contributed by atoms with Gasteiger partial charge in [0.15, 0.2) is 10.2 Å². The highest BCUT2D eigenvalue weighted by atomic mass is 32.2. The molecule has 0 fully saturated rings. The highest BCUT2D eigenvalue weighted by Gasteiger charge is 2.36. The first kappa shape index (κ1) is 12.7. The predicted octanol–water partition coefficient (Wildman–Crippen LogP) is 3.08. The first-order valence-corrected chi connectivity index (χ1v) is 7.02. The van der Waals surface area contributed by atoms with E-state index in [-0.39, 0.29) is 5.94 Å². The SMILES string of the molecule is O=[P+](O)O[P+](=O)OCSc1ccccc1. The van der Waals surface area contributed by atoms with E-state index < -0.39 is 16.5 Å². The van der Waals surface area contributed by atoms with Crippen LogP contribution in [0.3, 0.4) is 0 Å². The summed E-state index contributed by atoms with van der Waals surface area (Å²) in [4.78, 5) is 9.21. The van der Waals surface area contributed by atoms with Gasteiger partial charge in [-0.25, -0.2) is 0 Å². The van der Waals surface area contributed by atoms with Crippen molar-refractivity contribution in [2.75, 3.05) is 5.94 Å². The molecule has 2 atom stereocenters. The lowest BCUT2D eigenvalue weighted by atomic mass is 10.4. The van der Waals surface area contributed by atoms with Gasteiger partial charge < -0.3 is 0 Å². The third-order valence-electron chi connectivity index (χ3n) is 1.26. The Morgan fingerprint density at radius 2 is 1.93 bits per heavy atom. The summed E-state index contributed by atoms with van der Waals surface area (Å²) >= 11 is 1.31. The van der Waals surface area contributed by atoms with Gasteiger partial charge in [-0.1, -0.05) is 30.0 Å². The van der Waals surface area contributed by atoms with E-state index in [9.17, 15) is 9.13 Å². The molecule has 0 amide bonds. The molecule has 1 aromatic carbocycles. The molecule has 0 aliphatic carbocycles. The molecule has 1 N–H and O–H groups in total. The molecule has 0 saturated carbocycles. The standard InChI is InChI=1S/C7H7O5P2S/c8-13(9)12-14(10)11-6-15-7-4-2-1-3-5-7/h1-5H,6H2/q+1/p+1. The van der Waals surface area contributed by atoms with Crippen molar-refractivity contribution in [2.45, 2.75) is 4.90 Å². The normalized spacial score (nSPS) is 12.3. The van der Waals surface area contributed by atoms with Crippen LogP contribution in [0.15, 0.2) is 35.2 Å². The van der Waals surface area contributed by atoms with Crippen molar-refractivity contribution >= 4 is 28.3 Å². The summed E-state index contributed by atoms with van der Waals surface area (Å²) in [6, 6.07) is 9.35. The van der Waals surface area contributed by atoms with Gasteiger partial charge in [-0.15, -0.1) is 9.42 Å². The van der Waals surface area contributed by atoms with Gasteiger partial charge in [0, 0.05) is 14.0 Å². The molecule has 0 heterocycles. The molecule has 0 radical (unpaired) electrons. The van der Waals surface area contributed by atoms with Crippen LogP contribution in [0, 0.1) is 0 Å². The zero-order valence-corrected chi connectivity index (χ0v) is 10.1. The third kappa shape index (κ3) is 5.95. The summed E-state index contributed by atoms with van der Waals surface area (Å²) in [7, 11) is -5.40. The number of benzene rings is 1. The van der Waals surface area contributed by atoms with Crippen molar-refractivity contribution < 1.29 is 22.9 Å². The second-order valence-electron chi connectivity index (χ2n) is 2.25. The van der Waals surface area contributed by atoms with Crippen LogP contribution < -0.4 is 0 Å². The van der Waals surface area contributed by atoms with Crippen LogP contribution >= 0.6 is 28.3 Å². The zero-order chi connectivity index (χ0) is 11.1. The van der Waals surface area contributed by atoms with E-state index >= 15 is 0 Å². The Hall–Kier alpha value is -0.350. The fourth-order valence-electron chi connectivity index (χ4n) is 0.735. The largest absolute Gasteiger partial charge is 0.748 e. The van der Waals surface area contributed by atoms with Crippen molar-refractivity contribution in [2.24, 2.45) is 0 Å². The molecule has 0 aromatic heterocycles. The smallest absolute Gasteiger partial charge is 0.131 e. The lowest BCUT2D eigenvalue weighted by Crippen LogP contribution is -1.80. The van der Waals surface area contributed by atoms with Crippen molar-refractivity contribution in [1.82, 2.24) is 0 Å². The van der Waals surface area contributed by atoms with E-state index in [1.54, 1.807) is 0 Å². The predicted molar refractivity (Wildman–Crippen MR) is 56.8 cm³/mol. The van der Waals surface area contributed by atoms with Gasteiger partial charge in [-0.2, -0.15) is 0 Å². The van der Waals surface area contributed by atoms with Gasteiger partial charge in [0.2, 0.25) is 0 Å². The van der Waals surface area contributed by atoms with Crippen LogP contribution in [-0.4, -0.2) is 10.8 Å². The van der Waals surface area contributed by atoms with Crippen LogP contribution in [-0.2, 0) is 18.0 Å². The lowest BCUT2D eigenvalue weighted by molar-refractivity contribution is 0.322. The Labute approximate surface area is 92.7 Å². The highest BCUT2D eigenvalue weighted by molar-refractivity contribution is 7.99. The molecule has 0 aliphatic heterocycles. The van der Waals surface area contributed by atoms with Gasteiger partial charge in [0.25, 0.3) is 0 Å². The maximum atomic E-state index is 10.8. The Morgan fingerprint density at radius 3 is 2.53 bits per heavy atom. The second-order valence-corrected chi connectivity index (χ2v) is 5.08. The summed E-state index contributed by atoms with van der Waals surface area (Å²) in [6.45, 7) is 0. The highest BCUT2D eigenvalue weighted by Crippen LogP contribution is 2.37. The fourth-order valence-corrected chi connectivity index (χ4v) is 2.42. The molecule has 0 spiro atoms. The maximum Gasteiger partial charge on any atom is 0.748 e. The first-order valence-electron chi connectivity index (χ1n) is 3.81. The van der Waals surface area contributed by atoms with Crippen molar-refractivity contribution in [3.8, 4) is 0 Å². The summed E-state index contributed by atoms with van der Waals surface area (Å²) in [6.07, 6.45) is 0. The van der Waals surface area contributed by atoms with Crippen LogP contribution in [0.1, 0.15) is 0 Å². The van der Waals surface area contributed by atoms with Crippen LogP contribution in [0.5, 0.6) is 0 Å². The number of thioether (sulfide) groups is 1. The fraction of sp³-hybridized carbons (Fsp3) is 0.143. The minimum absolute atomic E-state index is 0.0996. The van der Waals surface area contributed by atoms with Crippen molar-refractivity contribution in [3.63, 3.8) is 0 Å². The van der Waals surface area contributed by atoms with E-state index in [2.05, 4.69) is 8.83 Å². The van der Waals surface area contributed by atoms with E-state index in [0.29, 0.717) is 0 Å². The zero-order valence-electron chi connectivity index (χ0n) is 7.48. The maximum absolute atomic E-state index is 10.8. The van der Waals surface area contributed by atoms with Crippen molar-refractivity contribution in [3.05, 3.63) is 30.3 Å². The first-order chi connectivity index (χ1) is 7.18. The van der Waals surface area contributed by atoms with Gasteiger partial charge in [-0.05, 0) is 12.1 Å².